The molecule has 2 N–H and O–H groups in total. The van der Waals surface area contributed by atoms with Crippen LogP contribution in [0.1, 0.15) is 28.9 Å². The Morgan fingerprint density at radius 1 is 1.23 bits per heavy atom. The summed E-state index contributed by atoms with van der Waals surface area (Å²) in [5.74, 6) is -0.187. The number of hydrogen-bond donors (Lipinski definition) is 2. The second-order valence-electron chi connectivity index (χ2n) is 5.73. The predicted molar refractivity (Wildman–Crippen MR) is 103 cm³/mol. The molecule has 0 fully saturated rings. The van der Waals surface area contributed by atoms with Gasteiger partial charge in [0.15, 0.2) is 10.9 Å². The van der Waals surface area contributed by atoms with Crippen LogP contribution in [0.3, 0.4) is 0 Å². The van der Waals surface area contributed by atoms with E-state index in [1.807, 2.05) is 6.07 Å². The zero-order valence-electron chi connectivity index (χ0n) is 13.7. The van der Waals surface area contributed by atoms with Gasteiger partial charge in [-0.2, -0.15) is 0 Å². The van der Waals surface area contributed by atoms with Gasteiger partial charge in [0.1, 0.15) is 5.02 Å². The number of carbonyl (C=O) groups excluding carboxylic acids is 1. The lowest BCUT2D eigenvalue weighted by atomic mass is 9.89. The number of nitrogens with one attached hydrogen (secondary N) is 2. The molecule has 0 aromatic heterocycles. The minimum absolute atomic E-state index is 0.0342. The second-order valence-corrected chi connectivity index (χ2v) is 6.55. The number of nitro groups is 1. The van der Waals surface area contributed by atoms with Crippen molar-refractivity contribution in [3.8, 4) is 0 Å². The molecule has 0 saturated heterocycles. The summed E-state index contributed by atoms with van der Waals surface area (Å²) < 4.78 is 0. The number of ketones is 1. The van der Waals surface area contributed by atoms with Crippen molar-refractivity contribution in [2.75, 3.05) is 0 Å². The molecule has 0 bridgehead atoms. The van der Waals surface area contributed by atoms with Crippen LogP contribution in [0.4, 0.5) is 5.69 Å². The number of benzene rings is 2. The molecular weight excluding hydrogens is 374 g/mol. The Hall–Kier alpha value is -2.77. The van der Waals surface area contributed by atoms with E-state index in [9.17, 15) is 14.9 Å². The zero-order valence-corrected chi connectivity index (χ0v) is 15.2. The highest BCUT2D eigenvalue weighted by atomic mass is 35.5. The molecule has 6 nitrogen and oxygen atoms in total. The van der Waals surface area contributed by atoms with Crippen LogP contribution in [0.15, 0.2) is 59.8 Å². The molecule has 1 heterocycles. The molecular formula is C18H14ClN3O3S. The molecule has 0 aliphatic carbocycles. The Labute approximate surface area is 160 Å². The van der Waals surface area contributed by atoms with Gasteiger partial charge < -0.3 is 10.6 Å². The van der Waals surface area contributed by atoms with Gasteiger partial charge in [-0.1, -0.05) is 48.0 Å². The molecule has 2 aromatic carbocycles. The van der Waals surface area contributed by atoms with Gasteiger partial charge in [0.05, 0.1) is 11.0 Å². The van der Waals surface area contributed by atoms with Crippen LogP contribution in [0.2, 0.25) is 5.02 Å². The molecule has 1 unspecified atom stereocenters. The minimum Gasteiger partial charge on any atom is -0.351 e. The third kappa shape index (κ3) is 3.44. The summed E-state index contributed by atoms with van der Waals surface area (Å²) in [5, 5.41) is 17.6. The van der Waals surface area contributed by atoms with Gasteiger partial charge in [-0.25, -0.2) is 0 Å². The summed E-state index contributed by atoms with van der Waals surface area (Å²) >= 11 is 11.1. The quantitative estimate of drug-likeness (QED) is 0.358. The molecule has 8 heteroatoms. The lowest BCUT2D eigenvalue weighted by Crippen LogP contribution is -2.44. The first-order chi connectivity index (χ1) is 12.4. The van der Waals surface area contributed by atoms with Crippen LogP contribution in [0.25, 0.3) is 0 Å². The van der Waals surface area contributed by atoms with Crippen LogP contribution in [0, 0.1) is 10.1 Å². The second kappa shape index (κ2) is 7.23. The molecule has 1 aliphatic heterocycles. The Kier molecular flexibility index (Phi) is 5.01. The normalized spacial score (nSPS) is 16.7. The molecule has 0 amide bonds. The number of halogens is 1. The molecule has 26 heavy (non-hydrogen) atoms. The summed E-state index contributed by atoms with van der Waals surface area (Å²) in [6, 6.07) is 12.7. The van der Waals surface area contributed by atoms with Gasteiger partial charge in [0, 0.05) is 22.9 Å². The fourth-order valence-corrected chi connectivity index (χ4v) is 3.30. The Balaban J connectivity index is 2.11. The number of thiocarbonyl (C=S) groups is 1. The van der Waals surface area contributed by atoms with Crippen molar-refractivity contribution in [3.63, 3.8) is 0 Å². The van der Waals surface area contributed by atoms with Crippen molar-refractivity contribution in [2.24, 2.45) is 0 Å². The van der Waals surface area contributed by atoms with Crippen molar-refractivity contribution < 1.29 is 9.72 Å². The monoisotopic (exact) mass is 387 g/mol. The number of nitro benzene ring substituents is 1. The first-order valence-corrected chi connectivity index (χ1v) is 8.49. The summed E-state index contributed by atoms with van der Waals surface area (Å²) in [6.45, 7) is 1.75. The van der Waals surface area contributed by atoms with E-state index in [0.717, 1.165) is 0 Å². The van der Waals surface area contributed by atoms with E-state index < -0.39 is 11.0 Å². The van der Waals surface area contributed by atoms with E-state index in [-0.39, 0.29) is 16.5 Å². The fourth-order valence-electron chi connectivity index (χ4n) is 2.84. The Bertz CT molecular complexity index is 944. The van der Waals surface area contributed by atoms with Crippen LogP contribution in [-0.4, -0.2) is 15.8 Å². The van der Waals surface area contributed by atoms with Crippen molar-refractivity contribution >= 4 is 40.4 Å². The Morgan fingerprint density at radius 2 is 1.92 bits per heavy atom. The topological polar surface area (TPSA) is 84.3 Å². The summed E-state index contributed by atoms with van der Waals surface area (Å²) in [7, 11) is 0. The standard InChI is InChI=1S/C18H14ClN3O3S/c1-10-15(17(23)11-5-3-2-4-6-11)16(21-18(26)20-10)12-7-8-13(19)14(9-12)22(24)25/h2-9,16H,1H3,(H2,20,21,26). The van der Waals surface area contributed by atoms with Crippen molar-refractivity contribution in [1.82, 2.24) is 10.6 Å². The molecule has 3 rings (SSSR count). The predicted octanol–water partition coefficient (Wildman–Crippen LogP) is 3.92. The first kappa shape index (κ1) is 18.0. The van der Waals surface area contributed by atoms with Crippen molar-refractivity contribution in [3.05, 3.63) is 86.1 Å². The molecule has 132 valence electrons. The van der Waals surface area contributed by atoms with Gasteiger partial charge in [-0.05, 0) is 30.8 Å². The third-order valence-electron chi connectivity index (χ3n) is 4.05. The molecule has 1 atom stereocenters. The van der Waals surface area contributed by atoms with E-state index in [4.69, 9.17) is 23.8 Å². The van der Waals surface area contributed by atoms with Gasteiger partial charge >= 0.3 is 0 Å². The number of nitrogens with zero attached hydrogens (tertiary/aromatic N) is 1. The largest absolute Gasteiger partial charge is 0.351 e. The number of allylic oxidation sites excluding steroid dienone is 1. The summed E-state index contributed by atoms with van der Waals surface area (Å²) in [6.07, 6.45) is 0. The van der Waals surface area contributed by atoms with Crippen LogP contribution in [0.5, 0.6) is 0 Å². The highest BCUT2D eigenvalue weighted by Crippen LogP contribution is 2.33. The number of Topliss-reactive ketones (excluding diaryl/α,β-unsaturated/α-hetero) is 1. The lowest BCUT2D eigenvalue weighted by Gasteiger charge is -2.30. The maximum atomic E-state index is 13.0. The van der Waals surface area contributed by atoms with E-state index >= 15 is 0 Å². The third-order valence-corrected chi connectivity index (χ3v) is 4.59. The maximum Gasteiger partial charge on any atom is 0.288 e. The van der Waals surface area contributed by atoms with Gasteiger partial charge in [0.25, 0.3) is 5.69 Å². The minimum atomic E-state index is -0.618. The average Bonchev–Trinajstić information content (AvgIpc) is 2.61. The Morgan fingerprint density at radius 3 is 2.58 bits per heavy atom. The van der Waals surface area contributed by atoms with Crippen LogP contribution < -0.4 is 10.6 Å². The van der Waals surface area contributed by atoms with Crippen LogP contribution >= 0.6 is 23.8 Å². The zero-order chi connectivity index (χ0) is 18.8. The van der Waals surface area contributed by atoms with E-state index in [1.54, 1.807) is 37.3 Å². The fraction of sp³-hybridized carbons (Fsp3) is 0.111. The van der Waals surface area contributed by atoms with Crippen molar-refractivity contribution in [2.45, 2.75) is 13.0 Å². The highest BCUT2D eigenvalue weighted by molar-refractivity contribution is 7.80. The molecule has 0 radical (unpaired) electrons. The van der Waals surface area contributed by atoms with Gasteiger partial charge in [0.2, 0.25) is 0 Å². The molecule has 0 saturated carbocycles. The van der Waals surface area contributed by atoms with E-state index in [0.29, 0.717) is 27.5 Å². The number of carbonyl (C=O) groups is 1. The van der Waals surface area contributed by atoms with E-state index in [1.165, 1.54) is 12.1 Å². The van der Waals surface area contributed by atoms with E-state index in [2.05, 4.69) is 10.6 Å². The number of hydrogen-bond acceptors (Lipinski definition) is 4. The first-order valence-electron chi connectivity index (χ1n) is 7.70. The smallest absolute Gasteiger partial charge is 0.288 e. The number of rotatable bonds is 4. The summed E-state index contributed by atoms with van der Waals surface area (Å²) in [4.78, 5) is 23.7. The summed E-state index contributed by atoms with van der Waals surface area (Å²) in [5.41, 5.74) is 1.88. The molecule has 1 aliphatic rings. The maximum absolute atomic E-state index is 13.0. The molecule has 0 spiro atoms. The molecule has 2 aromatic rings. The van der Waals surface area contributed by atoms with Gasteiger partial charge in [-0.15, -0.1) is 0 Å². The van der Waals surface area contributed by atoms with Crippen LogP contribution in [-0.2, 0) is 0 Å². The van der Waals surface area contributed by atoms with Gasteiger partial charge in [-0.3, -0.25) is 14.9 Å². The lowest BCUT2D eigenvalue weighted by molar-refractivity contribution is -0.384. The van der Waals surface area contributed by atoms with Crippen molar-refractivity contribution in [1.29, 1.82) is 0 Å². The SMILES string of the molecule is CC1=C(C(=O)c2ccccc2)C(c2ccc(Cl)c([N+](=O)[O-])c2)NC(=S)N1. The average molecular weight is 388 g/mol. The highest BCUT2D eigenvalue weighted by Gasteiger charge is 2.31.